The van der Waals surface area contributed by atoms with Crippen LogP contribution in [0.4, 0.5) is 0 Å². The SMILES string of the molecule is [CH2]CC1CCCC(=O)C1. The maximum atomic E-state index is 10.8. The molecule has 51 valence electrons. The van der Waals surface area contributed by atoms with Crippen LogP contribution in [0, 0.1) is 12.8 Å². The maximum Gasteiger partial charge on any atom is 0.133 e. The molecule has 1 heteroatoms. The first kappa shape index (κ1) is 6.79. The Morgan fingerprint density at radius 2 is 2.44 bits per heavy atom. The van der Waals surface area contributed by atoms with Crippen molar-refractivity contribution >= 4 is 5.78 Å². The van der Waals surface area contributed by atoms with Crippen molar-refractivity contribution in [3.05, 3.63) is 6.92 Å². The van der Waals surface area contributed by atoms with Crippen LogP contribution in [0.25, 0.3) is 0 Å². The van der Waals surface area contributed by atoms with Gasteiger partial charge in [-0.2, -0.15) is 0 Å². The molecule has 9 heavy (non-hydrogen) atoms. The first-order valence-electron chi connectivity index (χ1n) is 3.64. The van der Waals surface area contributed by atoms with Gasteiger partial charge in [0, 0.05) is 12.8 Å². The Bertz CT molecular complexity index is 107. The van der Waals surface area contributed by atoms with Crippen molar-refractivity contribution in [3.63, 3.8) is 0 Å². The van der Waals surface area contributed by atoms with Gasteiger partial charge in [0.15, 0.2) is 0 Å². The van der Waals surface area contributed by atoms with Gasteiger partial charge in [-0.3, -0.25) is 4.79 Å². The van der Waals surface area contributed by atoms with E-state index in [2.05, 4.69) is 6.92 Å². The van der Waals surface area contributed by atoms with E-state index in [0.29, 0.717) is 11.7 Å². The fourth-order valence-corrected chi connectivity index (χ4v) is 1.36. The Hall–Kier alpha value is -0.330. The zero-order chi connectivity index (χ0) is 6.69. The summed E-state index contributed by atoms with van der Waals surface area (Å²) in [5, 5.41) is 0. The molecule has 1 aliphatic carbocycles. The number of Topliss-reactive ketones (excluding diaryl/α,β-unsaturated/α-hetero) is 1. The summed E-state index contributed by atoms with van der Waals surface area (Å²) in [7, 11) is 0. The number of ketones is 1. The lowest BCUT2D eigenvalue weighted by Gasteiger charge is -2.18. The molecule has 0 saturated heterocycles. The molecule has 0 spiro atoms. The van der Waals surface area contributed by atoms with Gasteiger partial charge in [0.2, 0.25) is 0 Å². The average Bonchev–Trinajstić information content (AvgIpc) is 1.88. The van der Waals surface area contributed by atoms with E-state index in [1.807, 2.05) is 0 Å². The predicted octanol–water partition coefficient (Wildman–Crippen LogP) is 1.97. The number of hydrogen-bond donors (Lipinski definition) is 0. The molecule has 0 N–H and O–H groups in total. The number of carbonyl (C=O) groups excluding carboxylic acids is 1. The molecule has 0 aliphatic heterocycles. The van der Waals surface area contributed by atoms with Crippen LogP contribution < -0.4 is 0 Å². The second-order valence-corrected chi connectivity index (χ2v) is 2.79. The monoisotopic (exact) mass is 125 g/mol. The van der Waals surface area contributed by atoms with Crippen LogP contribution in [0.5, 0.6) is 0 Å². The van der Waals surface area contributed by atoms with Gasteiger partial charge in [0.25, 0.3) is 0 Å². The molecule has 0 amide bonds. The minimum Gasteiger partial charge on any atom is -0.300 e. The Morgan fingerprint density at radius 3 is 2.89 bits per heavy atom. The fourth-order valence-electron chi connectivity index (χ4n) is 1.36. The quantitative estimate of drug-likeness (QED) is 0.523. The lowest BCUT2D eigenvalue weighted by molar-refractivity contribution is -0.121. The van der Waals surface area contributed by atoms with E-state index in [4.69, 9.17) is 0 Å². The van der Waals surface area contributed by atoms with Crippen molar-refractivity contribution in [1.82, 2.24) is 0 Å². The highest BCUT2D eigenvalue weighted by atomic mass is 16.1. The highest BCUT2D eigenvalue weighted by Crippen LogP contribution is 2.22. The topological polar surface area (TPSA) is 17.1 Å². The third-order valence-electron chi connectivity index (χ3n) is 1.99. The third kappa shape index (κ3) is 1.81. The summed E-state index contributed by atoms with van der Waals surface area (Å²) in [4.78, 5) is 10.8. The van der Waals surface area contributed by atoms with Crippen LogP contribution >= 0.6 is 0 Å². The highest BCUT2D eigenvalue weighted by Gasteiger charge is 2.16. The highest BCUT2D eigenvalue weighted by molar-refractivity contribution is 5.79. The maximum absolute atomic E-state index is 10.8. The summed E-state index contributed by atoms with van der Waals surface area (Å²) in [6.45, 7) is 3.79. The third-order valence-corrected chi connectivity index (χ3v) is 1.99. The standard InChI is InChI=1S/C8H13O/c1-2-7-4-3-5-8(9)6-7/h7H,1-6H2. The van der Waals surface area contributed by atoms with Crippen LogP contribution in [0.1, 0.15) is 32.1 Å². The van der Waals surface area contributed by atoms with Crippen molar-refractivity contribution in [3.8, 4) is 0 Å². The van der Waals surface area contributed by atoms with E-state index < -0.39 is 0 Å². The fraction of sp³-hybridized carbons (Fsp3) is 0.750. The number of hydrogen-bond acceptors (Lipinski definition) is 1. The van der Waals surface area contributed by atoms with Crippen molar-refractivity contribution in [2.75, 3.05) is 0 Å². The molecule has 1 unspecified atom stereocenters. The summed E-state index contributed by atoms with van der Waals surface area (Å²) >= 11 is 0. The van der Waals surface area contributed by atoms with E-state index in [1.165, 1.54) is 6.42 Å². The van der Waals surface area contributed by atoms with Gasteiger partial charge in [0.05, 0.1) is 0 Å². The van der Waals surface area contributed by atoms with Gasteiger partial charge in [-0.15, -0.1) is 0 Å². The van der Waals surface area contributed by atoms with E-state index in [-0.39, 0.29) is 0 Å². The number of carbonyl (C=O) groups is 1. The van der Waals surface area contributed by atoms with Crippen molar-refractivity contribution in [1.29, 1.82) is 0 Å². The Kier molecular flexibility index (Phi) is 2.26. The molecule has 1 nitrogen and oxygen atoms in total. The molecule has 0 bridgehead atoms. The van der Waals surface area contributed by atoms with Gasteiger partial charge in [0.1, 0.15) is 5.78 Å². The summed E-state index contributed by atoms with van der Waals surface area (Å²) in [5.41, 5.74) is 0. The second kappa shape index (κ2) is 3.00. The summed E-state index contributed by atoms with van der Waals surface area (Å²) < 4.78 is 0. The van der Waals surface area contributed by atoms with Crippen LogP contribution in [-0.2, 0) is 4.79 Å². The zero-order valence-corrected chi connectivity index (χ0v) is 5.73. The molecule has 0 aromatic rings. The largest absolute Gasteiger partial charge is 0.300 e. The number of rotatable bonds is 1. The minimum absolute atomic E-state index is 0.440. The van der Waals surface area contributed by atoms with Crippen molar-refractivity contribution < 1.29 is 4.79 Å². The Morgan fingerprint density at radius 1 is 1.67 bits per heavy atom. The summed E-state index contributed by atoms with van der Waals surface area (Å²) in [6, 6.07) is 0. The van der Waals surface area contributed by atoms with Gasteiger partial charge >= 0.3 is 0 Å². The Balaban J connectivity index is 2.32. The van der Waals surface area contributed by atoms with Crippen LogP contribution in [0.15, 0.2) is 0 Å². The minimum atomic E-state index is 0.440. The van der Waals surface area contributed by atoms with Crippen LogP contribution in [0.3, 0.4) is 0 Å². The van der Waals surface area contributed by atoms with Gasteiger partial charge in [-0.25, -0.2) is 0 Å². The van der Waals surface area contributed by atoms with Crippen LogP contribution in [0.2, 0.25) is 0 Å². The normalized spacial score (nSPS) is 28.6. The van der Waals surface area contributed by atoms with Gasteiger partial charge < -0.3 is 0 Å². The summed E-state index contributed by atoms with van der Waals surface area (Å²) in [5.74, 6) is 1.04. The first-order valence-corrected chi connectivity index (χ1v) is 3.64. The molecule has 0 aromatic carbocycles. The van der Waals surface area contributed by atoms with Crippen molar-refractivity contribution in [2.24, 2.45) is 5.92 Å². The first-order chi connectivity index (χ1) is 4.33. The molecule has 1 radical (unpaired) electrons. The molecule has 1 aliphatic rings. The molecule has 1 saturated carbocycles. The molecule has 0 aromatic heterocycles. The lowest BCUT2D eigenvalue weighted by Crippen LogP contribution is -2.13. The smallest absolute Gasteiger partial charge is 0.133 e. The van der Waals surface area contributed by atoms with Crippen molar-refractivity contribution in [2.45, 2.75) is 32.1 Å². The second-order valence-electron chi connectivity index (χ2n) is 2.79. The molecule has 1 rings (SSSR count). The predicted molar refractivity (Wildman–Crippen MR) is 36.9 cm³/mol. The summed E-state index contributed by atoms with van der Waals surface area (Å²) in [6.07, 6.45) is 4.86. The molecule has 1 fully saturated rings. The van der Waals surface area contributed by atoms with Gasteiger partial charge in [-0.1, -0.05) is 13.3 Å². The van der Waals surface area contributed by atoms with E-state index in [1.54, 1.807) is 0 Å². The van der Waals surface area contributed by atoms with E-state index >= 15 is 0 Å². The lowest BCUT2D eigenvalue weighted by atomic mass is 9.87. The molecular formula is C8H13O. The molecular weight excluding hydrogens is 112 g/mol. The zero-order valence-electron chi connectivity index (χ0n) is 5.73. The van der Waals surface area contributed by atoms with E-state index in [9.17, 15) is 4.79 Å². The van der Waals surface area contributed by atoms with Gasteiger partial charge in [-0.05, 0) is 18.8 Å². The molecule has 0 heterocycles. The molecule has 1 atom stereocenters. The van der Waals surface area contributed by atoms with Crippen LogP contribution in [-0.4, -0.2) is 5.78 Å². The van der Waals surface area contributed by atoms with E-state index in [0.717, 1.165) is 25.7 Å². The Labute approximate surface area is 56.4 Å². The average molecular weight is 125 g/mol.